The summed E-state index contributed by atoms with van der Waals surface area (Å²) < 4.78 is 7.24. The molecule has 0 aliphatic rings. The first kappa shape index (κ1) is 22.5. The summed E-state index contributed by atoms with van der Waals surface area (Å²) in [6, 6.07) is 9.50. The Labute approximate surface area is 182 Å². The van der Waals surface area contributed by atoms with Crippen LogP contribution in [0.5, 0.6) is 0 Å². The highest BCUT2D eigenvalue weighted by Gasteiger charge is 2.35. The zero-order valence-corrected chi connectivity index (χ0v) is 18.6. The fourth-order valence-corrected chi connectivity index (χ4v) is 4.62. The molecule has 3 aromatic rings. The molecule has 0 unspecified atom stereocenters. The molecule has 0 amide bonds. The first-order chi connectivity index (χ1) is 14.6. The van der Waals surface area contributed by atoms with Crippen LogP contribution in [0.25, 0.3) is 10.2 Å². The zero-order valence-electron chi connectivity index (χ0n) is 17.8. The summed E-state index contributed by atoms with van der Waals surface area (Å²) >= 11 is 1.02. The van der Waals surface area contributed by atoms with Gasteiger partial charge in [0.15, 0.2) is 0 Å². The molecule has 0 radical (unpaired) electrons. The van der Waals surface area contributed by atoms with Crippen LogP contribution in [-0.4, -0.2) is 32.8 Å². The smallest absolute Gasteiger partial charge is 0.348 e. The highest BCUT2D eigenvalue weighted by Crippen LogP contribution is 2.29. The van der Waals surface area contributed by atoms with E-state index >= 15 is 0 Å². The van der Waals surface area contributed by atoms with Crippen molar-refractivity contribution in [2.75, 3.05) is 6.61 Å². The Balaban J connectivity index is 2.32. The number of benzene rings is 1. The van der Waals surface area contributed by atoms with Crippen LogP contribution < -0.4 is 11.2 Å². The lowest BCUT2D eigenvalue weighted by molar-refractivity contribution is -0.146. The van der Waals surface area contributed by atoms with E-state index in [1.165, 1.54) is 18.4 Å². The van der Waals surface area contributed by atoms with Gasteiger partial charge in [-0.15, -0.1) is 11.3 Å². The van der Waals surface area contributed by atoms with E-state index in [4.69, 9.17) is 4.74 Å². The fraction of sp³-hybridized carbons (Fsp3) is 0.364. The second-order valence-corrected chi connectivity index (χ2v) is 8.63. The lowest BCUT2D eigenvalue weighted by atomic mass is 10.1. The second kappa shape index (κ2) is 8.50. The number of carboxylic acids is 1. The van der Waals surface area contributed by atoms with Gasteiger partial charge in [0.25, 0.3) is 5.56 Å². The van der Waals surface area contributed by atoms with Gasteiger partial charge in [0.1, 0.15) is 15.2 Å². The fourth-order valence-electron chi connectivity index (χ4n) is 3.41. The van der Waals surface area contributed by atoms with Crippen molar-refractivity contribution in [3.8, 4) is 0 Å². The monoisotopic (exact) mass is 444 g/mol. The average molecular weight is 445 g/mol. The maximum absolute atomic E-state index is 13.3. The van der Waals surface area contributed by atoms with Gasteiger partial charge >= 0.3 is 17.6 Å². The normalized spacial score (nSPS) is 11.6. The lowest BCUT2D eigenvalue weighted by Gasteiger charge is -2.23. The van der Waals surface area contributed by atoms with Crippen LogP contribution in [0.1, 0.15) is 41.6 Å². The molecule has 0 spiro atoms. The maximum atomic E-state index is 13.3. The summed E-state index contributed by atoms with van der Waals surface area (Å²) in [5, 5.41) is 9.83. The summed E-state index contributed by atoms with van der Waals surface area (Å²) in [6.07, 6.45) is 0.493. The molecule has 0 atom stereocenters. The van der Waals surface area contributed by atoms with E-state index in [9.17, 15) is 24.3 Å². The molecule has 3 rings (SSSR count). The quantitative estimate of drug-likeness (QED) is 0.562. The van der Waals surface area contributed by atoms with E-state index in [2.05, 4.69) is 0 Å². The van der Waals surface area contributed by atoms with Gasteiger partial charge in [-0.3, -0.25) is 9.36 Å². The molecule has 31 heavy (non-hydrogen) atoms. The van der Waals surface area contributed by atoms with Gasteiger partial charge in [-0.25, -0.2) is 19.0 Å². The minimum Gasteiger partial charge on any atom is -0.480 e. The second-order valence-electron chi connectivity index (χ2n) is 7.63. The van der Waals surface area contributed by atoms with E-state index in [1.807, 2.05) is 30.3 Å². The van der Waals surface area contributed by atoms with Crippen molar-refractivity contribution in [2.45, 2.75) is 46.2 Å². The molecule has 2 heterocycles. The van der Waals surface area contributed by atoms with Crippen molar-refractivity contribution in [1.29, 1.82) is 0 Å². The van der Waals surface area contributed by atoms with E-state index < -0.39 is 28.7 Å². The van der Waals surface area contributed by atoms with Gasteiger partial charge in [-0.1, -0.05) is 30.3 Å². The first-order valence-corrected chi connectivity index (χ1v) is 10.7. The van der Waals surface area contributed by atoms with Gasteiger partial charge in [0, 0.05) is 6.54 Å². The van der Waals surface area contributed by atoms with E-state index in [-0.39, 0.29) is 23.4 Å². The van der Waals surface area contributed by atoms with Gasteiger partial charge in [-0.05, 0) is 45.2 Å². The van der Waals surface area contributed by atoms with Crippen molar-refractivity contribution in [1.82, 2.24) is 9.13 Å². The lowest BCUT2D eigenvalue weighted by Crippen LogP contribution is -2.52. The number of thiophene rings is 1. The first-order valence-electron chi connectivity index (χ1n) is 9.85. The predicted molar refractivity (Wildman–Crippen MR) is 118 cm³/mol. The standard InChI is InChI=1S/C22H24N2O6S/c1-5-30-19(26)16-13(2)15-17(25)24(22(3,4)20(27)28)21(29)23(18(15)31-16)12-11-14-9-7-6-8-10-14/h6-10H,5,11-12H2,1-4H3,(H,27,28). The minimum absolute atomic E-state index is 0.162. The molecule has 0 saturated carbocycles. The number of rotatable bonds is 7. The molecule has 1 aromatic carbocycles. The van der Waals surface area contributed by atoms with Crippen LogP contribution >= 0.6 is 11.3 Å². The van der Waals surface area contributed by atoms with Crippen LogP contribution in [0.3, 0.4) is 0 Å². The molecular formula is C22H24N2O6S. The zero-order chi connectivity index (χ0) is 22.9. The Kier molecular flexibility index (Phi) is 6.17. The molecule has 8 nitrogen and oxygen atoms in total. The molecule has 2 aromatic heterocycles. The molecule has 0 saturated heterocycles. The van der Waals surface area contributed by atoms with Gasteiger partial charge in [-0.2, -0.15) is 0 Å². The molecule has 0 aliphatic carbocycles. The molecule has 1 N–H and O–H groups in total. The number of carbonyl (C=O) groups excluding carboxylic acids is 1. The number of aromatic nitrogens is 2. The van der Waals surface area contributed by atoms with Crippen LogP contribution in [0.15, 0.2) is 39.9 Å². The number of fused-ring (bicyclic) bond motifs is 1. The number of ether oxygens (including phenoxy) is 1. The Hall–Kier alpha value is -3.20. The van der Waals surface area contributed by atoms with E-state index in [1.54, 1.807) is 13.8 Å². The third-order valence-corrected chi connectivity index (χ3v) is 6.52. The number of aryl methyl sites for hydroxylation is 3. The highest BCUT2D eigenvalue weighted by atomic mass is 32.1. The third-order valence-electron chi connectivity index (χ3n) is 5.22. The number of hydrogen-bond donors (Lipinski definition) is 1. The Bertz CT molecular complexity index is 1270. The SMILES string of the molecule is CCOC(=O)c1sc2c(c1C)c(=O)n(C(C)(C)C(=O)O)c(=O)n2CCc1ccccc1. The molecule has 0 bridgehead atoms. The Morgan fingerprint density at radius 1 is 1.16 bits per heavy atom. The Morgan fingerprint density at radius 3 is 2.39 bits per heavy atom. The maximum Gasteiger partial charge on any atom is 0.348 e. The molecule has 0 aliphatic heterocycles. The minimum atomic E-state index is -1.77. The van der Waals surface area contributed by atoms with Crippen molar-refractivity contribution in [3.63, 3.8) is 0 Å². The van der Waals surface area contributed by atoms with Crippen LogP contribution in [0.4, 0.5) is 0 Å². The Morgan fingerprint density at radius 2 is 1.81 bits per heavy atom. The van der Waals surface area contributed by atoms with Gasteiger partial charge in [0.2, 0.25) is 0 Å². The summed E-state index contributed by atoms with van der Waals surface area (Å²) in [4.78, 5) is 51.5. The molecule has 0 fully saturated rings. The summed E-state index contributed by atoms with van der Waals surface area (Å²) in [5.74, 6) is -1.88. The van der Waals surface area contributed by atoms with Crippen LogP contribution in [-0.2, 0) is 28.0 Å². The van der Waals surface area contributed by atoms with Crippen LogP contribution in [0.2, 0.25) is 0 Å². The number of nitrogens with zero attached hydrogens (tertiary/aromatic N) is 2. The number of carbonyl (C=O) groups is 2. The number of hydrogen-bond acceptors (Lipinski definition) is 6. The highest BCUT2D eigenvalue weighted by molar-refractivity contribution is 7.20. The number of esters is 1. The van der Waals surface area contributed by atoms with Crippen molar-refractivity contribution in [3.05, 3.63) is 67.2 Å². The number of aliphatic carboxylic acids is 1. The van der Waals surface area contributed by atoms with E-state index in [0.29, 0.717) is 16.8 Å². The largest absolute Gasteiger partial charge is 0.480 e. The summed E-state index contributed by atoms with van der Waals surface area (Å²) in [6.45, 7) is 6.29. The molecule has 9 heteroatoms. The number of carboxylic acid groups (broad SMARTS) is 1. The predicted octanol–water partition coefficient (Wildman–Crippen LogP) is 2.77. The van der Waals surface area contributed by atoms with Gasteiger partial charge < -0.3 is 9.84 Å². The molecular weight excluding hydrogens is 420 g/mol. The van der Waals surface area contributed by atoms with E-state index in [0.717, 1.165) is 21.5 Å². The van der Waals surface area contributed by atoms with Crippen LogP contribution in [0, 0.1) is 6.92 Å². The summed E-state index contributed by atoms with van der Waals surface area (Å²) in [5.41, 5.74) is -1.86. The topological polar surface area (TPSA) is 108 Å². The van der Waals surface area contributed by atoms with Crippen molar-refractivity contribution < 1.29 is 19.4 Å². The van der Waals surface area contributed by atoms with Crippen molar-refractivity contribution >= 4 is 33.5 Å². The molecule has 164 valence electrons. The van der Waals surface area contributed by atoms with Crippen molar-refractivity contribution in [2.24, 2.45) is 0 Å². The van der Waals surface area contributed by atoms with Gasteiger partial charge in [0.05, 0.1) is 12.0 Å². The third kappa shape index (κ3) is 3.93. The average Bonchev–Trinajstić information content (AvgIpc) is 3.06. The summed E-state index contributed by atoms with van der Waals surface area (Å²) in [7, 11) is 0.